The zero-order chi connectivity index (χ0) is 15.6. The summed E-state index contributed by atoms with van der Waals surface area (Å²) >= 11 is 1.56. The molecule has 1 saturated carbocycles. The van der Waals surface area contributed by atoms with Crippen molar-refractivity contribution >= 4 is 17.2 Å². The smallest absolute Gasteiger partial charge is 0.223 e. The summed E-state index contributed by atoms with van der Waals surface area (Å²) in [6.45, 7) is 0.639. The summed E-state index contributed by atoms with van der Waals surface area (Å²) < 4.78 is 0. The summed E-state index contributed by atoms with van der Waals surface area (Å²) in [5.74, 6) is 1.47. The maximum Gasteiger partial charge on any atom is 0.223 e. The Labute approximate surface area is 138 Å². The van der Waals surface area contributed by atoms with Gasteiger partial charge in [0, 0.05) is 36.7 Å². The Kier molecular flexibility index (Phi) is 3.91. The van der Waals surface area contributed by atoms with Gasteiger partial charge in [0.1, 0.15) is 10.7 Å². The van der Waals surface area contributed by atoms with Gasteiger partial charge in [0.25, 0.3) is 0 Å². The van der Waals surface area contributed by atoms with Crippen molar-refractivity contribution in [2.75, 3.05) is 6.54 Å². The molecule has 4 rings (SSSR count). The van der Waals surface area contributed by atoms with Crippen LogP contribution < -0.4 is 5.32 Å². The second-order valence-electron chi connectivity index (χ2n) is 6.16. The first-order chi connectivity index (χ1) is 11.3. The number of nitrogens with one attached hydrogen (secondary N) is 1. The van der Waals surface area contributed by atoms with Crippen molar-refractivity contribution < 1.29 is 4.79 Å². The standard InChI is InChI=1S/C17H18N4OS/c22-16(14-8-11-1-2-12(14)7-11)20-4-3-13-10-23-17(21-13)15-9-18-5-6-19-15/h1-2,5-6,9-12,14H,3-4,7-8H2,(H,20,22)/t11-,12+,14-/m1/s1. The van der Waals surface area contributed by atoms with Gasteiger partial charge < -0.3 is 5.32 Å². The molecule has 0 radical (unpaired) electrons. The molecule has 0 aromatic carbocycles. The fourth-order valence-corrected chi connectivity index (χ4v) is 4.29. The quantitative estimate of drug-likeness (QED) is 0.857. The summed E-state index contributed by atoms with van der Waals surface area (Å²) in [4.78, 5) is 25.2. The van der Waals surface area contributed by atoms with E-state index in [9.17, 15) is 4.79 Å². The Morgan fingerprint density at radius 3 is 3.00 bits per heavy atom. The van der Waals surface area contributed by atoms with Gasteiger partial charge in [-0.2, -0.15) is 0 Å². The fraction of sp³-hybridized carbons (Fsp3) is 0.412. The number of rotatable bonds is 5. The second-order valence-corrected chi connectivity index (χ2v) is 7.02. The van der Waals surface area contributed by atoms with Crippen LogP contribution in [-0.2, 0) is 11.2 Å². The van der Waals surface area contributed by atoms with Crippen molar-refractivity contribution in [2.45, 2.75) is 19.3 Å². The van der Waals surface area contributed by atoms with Gasteiger partial charge in [-0.25, -0.2) is 4.98 Å². The number of allylic oxidation sites excluding steroid dienone is 2. The van der Waals surface area contributed by atoms with Crippen LogP contribution in [0.15, 0.2) is 36.1 Å². The van der Waals surface area contributed by atoms with E-state index in [0.717, 1.165) is 35.7 Å². The lowest BCUT2D eigenvalue weighted by molar-refractivity contribution is -0.125. The normalized spacial score (nSPS) is 25.0. The molecule has 0 spiro atoms. The van der Waals surface area contributed by atoms with Crippen LogP contribution in [0.1, 0.15) is 18.5 Å². The molecular weight excluding hydrogens is 308 g/mol. The lowest BCUT2D eigenvalue weighted by Gasteiger charge is -2.17. The molecule has 2 heterocycles. The molecule has 23 heavy (non-hydrogen) atoms. The number of nitrogens with zero attached hydrogens (tertiary/aromatic N) is 3. The molecule has 2 aromatic rings. The molecule has 0 unspecified atom stereocenters. The number of fused-ring (bicyclic) bond motifs is 2. The third kappa shape index (κ3) is 3.03. The predicted molar refractivity (Wildman–Crippen MR) is 88.7 cm³/mol. The van der Waals surface area contributed by atoms with Crippen LogP contribution >= 0.6 is 11.3 Å². The Morgan fingerprint density at radius 2 is 2.26 bits per heavy atom. The van der Waals surface area contributed by atoms with Crippen molar-refractivity contribution in [1.29, 1.82) is 0 Å². The van der Waals surface area contributed by atoms with Gasteiger partial charge in [-0.3, -0.25) is 14.8 Å². The molecule has 2 aliphatic rings. The fourth-order valence-electron chi connectivity index (χ4n) is 3.48. The highest BCUT2D eigenvalue weighted by Crippen LogP contribution is 2.43. The van der Waals surface area contributed by atoms with Crippen LogP contribution in [0, 0.1) is 17.8 Å². The minimum Gasteiger partial charge on any atom is -0.355 e. The Bertz CT molecular complexity index is 727. The van der Waals surface area contributed by atoms with E-state index in [4.69, 9.17) is 0 Å². The maximum atomic E-state index is 12.3. The van der Waals surface area contributed by atoms with Crippen molar-refractivity contribution in [3.8, 4) is 10.7 Å². The molecular formula is C17H18N4OS. The van der Waals surface area contributed by atoms with Gasteiger partial charge in [0.15, 0.2) is 0 Å². The van der Waals surface area contributed by atoms with E-state index in [1.165, 1.54) is 0 Å². The topological polar surface area (TPSA) is 67.8 Å². The summed E-state index contributed by atoms with van der Waals surface area (Å²) in [5, 5.41) is 5.97. The van der Waals surface area contributed by atoms with Crippen molar-refractivity contribution in [2.24, 2.45) is 17.8 Å². The highest BCUT2D eigenvalue weighted by Gasteiger charge is 2.39. The predicted octanol–water partition coefficient (Wildman–Crippen LogP) is 2.47. The van der Waals surface area contributed by atoms with Gasteiger partial charge in [-0.1, -0.05) is 12.2 Å². The van der Waals surface area contributed by atoms with Gasteiger partial charge in [-0.05, 0) is 24.7 Å². The molecule has 0 saturated heterocycles. The molecule has 118 valence electrons. The largest absolute Gasteiger partial charge is 0.355 e. The van der Waals surface area contributed by atoms with E-state index in [2.05, 4.69) is 32.4 Å². The van der Waals surface area contributed by atoms with Gasteiger partial charge in [0.05, 0.1) is 11.9 Å². The van der Waals surface area contributed by atoms with Gasteiger partial charge in [-0.15, -0.1) is 11.3 Å². The first kappa shape index (κ1) is 14.5. The third-order valence-corrected chi connectivity index (χ3v) is 5.54. The highest BCUT2D eigenvalue weighted by molar-refractivity contribution is 7.13. The average molecular weight is 326 g/mol. The first-order valence-electron chi connectivity index (χ1n) is 7.96. The Balaban J connectivity index is 1.29. The van der Waals surface area contributed by atoms with Crippen molar-refractivity contribution in [3.05, 3.63) is 41.8 Å². The highest BCUT2D eigenvalue weighted by atomic mass is 32.1. The number of hydrogen-bond donors (Lipinski definition) is 1. The second kappa shape index (κ2) is 6.20. The monoisotopic (exact) mass is 326 g/mol. The van der Waals surface area contributed by atoms with E-state index in [1.807, 2.05) is 5.38 Å². The van der Waals surface area contributed by atoms with Crippen LogP contribution in [0.25, 0.3) is 10.7 Å². The van der Waals surface area contributed by atoms with E-state index >= 15 is 0 Å². The minimum absolute atomic E-state index is 0.176. The lowest BCUT2D eigenvalue weighted by Crippen LogP contribution is -2.34. The summed E-state index contributed by atoms with van der Waals surface area (Å²) in [5.41, 5.74) is 1.78. The van der Waals surface area contributed by atoms with E-state index in [0.29, 0.717) is 18.4 Å². The zero-order valence-electron chi connectivity index (χ0n) is 12.7. The third-order valence-electron chi connectivity index (χ3n) is 4.63. The number of carbonyl (C=O) groups excluding carboxylic acids is 1. The van der Waals surface area contributed by atoms with Crippen LogP contribution in [0.4, 0.5) is 0 Å². The van der Waals surface area contributed by atoms with Crippen LogP contribution in [0.5, 0.6) is 0 Å². The molecule has 0 aliphatic heterocycles. The average Bonchev–Trinajstić information content (AvgIpc) is 3.32. The maximum absolute atomic E-state index is 12.3. The van der Waals surface area contributed by atoms with Crippen LogP contribution in [0.2, 0.25) is 0 Å². The van der Waals surface area contributed by atoms with Crippen LogP contribution in [-0.4, -0.2) is 27.4 Å². The number of thiazole rings is 1. The Morgan fingerprint density at radius 1 is 1.30 bits per heavy atom. The lowest BCUT2D eigenvalue weighted by atomic mass is 9.93. The van der Waals surface area contributed by atoms with Gasteiger partial charge in [0.2, 0.25) is 5.91 Å². The zero-order valence-corrected chi connectivity index (χ0v) is 13.5. The molecule has 5 nitrogen and oxygen atoms in total. The molecule has 1 amide bonds. The summed E-state index contributed by atoms with van der Waals surface area (Å²) in [6, 6.07) is 0. The van der Waals surface area contributed by atoms with Gasteiger partial charge >= 0.3 is 0 Å². The molecule has 1 N–H and O–H groups in total. The number of carbonyl (C=O) groups is 1. The minimum atomic E-state index is 0.176. The van der Waals surface area contributed by atoms with Crippen molar-refractivity contribution in [3.63, 3.8) is 0 Å². The van der Waals surface area contributed by atoms with E-state index in [1.54, 1.807) is 29.9 Å². The van der Waals surface area contributed by atoms with Crippen LogP contribution in [0.3, 0.4) is 0 Å². The van der Waals surface area contributed by atoms with Crippen molar-refractivity contribution in [1.82, 2.24) is 20.3 Å². The molecule has 2 aliphatic carbocycles. The summed E-state index contributed by atoms with van der Waals surface area (Å²) in [7, 11) is 0. The van der Waals surface area contributed by atoms with E-state index < -0.39 is 0 Å². The number of aromatic nitrogens is 3. The molecule has 1 fully saturated rings. The molecule has 6 heteroatoms. The molecule has 3 atom stereocenters. The first-order valence-corrected chi connectivity index (χ1v) is 8.84. The van der Waals surface area contributed by atoms with E-state index in [-0.39, 0.29) is 11.8 Å². The Hall–Kier alpha value is -2.08. The summed E-state index contributed by atoms with van der Waals surface area (Å²) in [6.07, 6.45) is 12.4. The number of hydrogen-bond acceptors (Lipinski definition) is 5. The molecule has 2 aromatic heterocycles. The molecule has 2 bridgehead atoms. The SMILES string of the molecule is O=C(NCCc1csc(-c2cnccn2)n1)[C@@H]1C[C@@H]2C=C[C@H]1C2. The number of amides is 1.